The maximum atomic E-state index is 13.8. The lowest BCUT2D eigenvalue weighted by atomic mass is 10.1. The van der Waals surface area contributed by atoms with Crippen molar-refractivity contribution in [3.63, 3.8) is 0 Å². The summed E-state index contributed by atoms with van der Waals surface area (Å²) >= 11 is 5.89. The maximum Gasteiger partial charge on any atom is 0.262 e. The van der Waals surface area contributed by atoms with Crippen molar-refractivity contribution in [3.8, 4) is 17.5 Å². The van der Waals surface area contributed by atoms with Crippen LogP contribution >= 0.6 is 11.6 Å². The van der Waals surface area contributed by atoms with Crippen molar-refractivity contribution >= 4 is 34.7 Å². The molecule has 8 nitrogen and oxygen atoms in total. The number of aromatic nitrogens is 5. The fourth-order valence-electron chi connectivity index (χ4n) is 4.47. The first-order chi connectivity index (χ1) is 21.0. The number of nitriles is 1. The molecule has 0 unspecified atom stereocenters. The number of rotatable bonds is 8. The fourth-order valence-corrected chi connectivity index (χ4v) is 4.64. The average Bonchev–Trinajstić information content (AvgIpc) is 3.52. The summed E-state index contributed by atoms with van der Waals surface area (Å²) in [6, 6.07) is 28.4. The second kappa shape index (κ2) is 12.1. The minimum atomic E-state index is -0.517. The molecule has 0 bridgehead atoms. The third-order valence-corrected chi connectivity index (χ3v) is 6.99. The van der Waals surface area contributed by atoms with Crippen LogP contribution in [0, 0.1) is 17.1 Å². The van der Waals surface area contributed by atoms with Crippen LogP contribution in [0.1, 0.15) is 28.2 Å². The van der Waals surface area contributed by atoms with E-state index in [2.05, 4.69) is 16.4 Å². The zero-order chi connectivity index (χ0) is 29.8. The summed E-state index contributed by atoms with van der Waals surface area (Å²) in [5, 5.41) is 17.6. The Morgan fingerprint density at radius 1 is 0.977 bits per heavy atom. The van der Waals surface area contributed by atoms with Gasteiger partial charge in [-0.05, 0) is 65.7 Å². The van der Waals surface area contributed by atoms with Gasteiger partial charge < -0.3 is 4.74 Å². The molecule has 2 heterocycles. The molecular formula is C33H22ClFN6O2. The first kappa shape index (κ1) is 27.6. The van der Waals surface area contributed by atoms with E-state index in [4.69, 9.17) is 26.6 Å². The molecule has 0 aliphatic rings. The zero-order valence-corrected chi connectivity index (χ0v) is 23.3. The van der Waals surface area contributed by atoms with Crippen LogP contribution in [-0.2, 0) is 13.2 Å². The van der Waals surface area contributed by atoms with Crippen LogP contribution in [0.4, 0.5) is 4.39 Å². The van der Waals surface area contributed by atoms with E-state index >= 15 is 0 Å². The van der Waals surface area contributed by atoms with E-state index in [1.807, 2.05) is 48.5 Å². The van der Waals surface area contributed by atoms with Crippen LogP contribution in [0.25, 0.3) is 28.7 Å². The van der Waals surface area contributed by atoms with Gasteiger partial charge in [-0.15, -0.1) is 5.10 Å². The zero-order valence-electron chi connectivity index (χ0n) is 22.6. The van der Waals surface area contributed by atoms with Crippen LogP contribution in [-0.4, -0.2) is 24.5 Å². The predicted octanol–water partition coefficient (Wildman–Crippen LogP) is 6.44. The number of fused-ring (bicyclic) bond motifs is 1. The van der Waals surface area contributed by atoms with Gasteiger partial charge in [-0.25, -0.2) is 14.1 Å². The summed E-state index contributed by atoms with van der Waals surface area (Å²) in [6.45, 7) is 0.425. The van der Waals surface area contributed by atoms with Crippen molar-refractivity contribution in [2.24, 2.45) is 0 Å². The van der Waals surface area contributed by atoms with Gasteiger partial charge in [0.2, 0.25) is 0 Å². The largest absolute Gasteiger partial charge is 0.487 e. The van der Waals surface area contributed by atoms with Gasteiger partial charge in [-0.2, -0.15) is 5.26 Å². The van der Waals surface area contributed by atoms with Crippen LogP contribution in [0.3, 0.4) is 0 Å². The third kappa shape index (κ3) is 6.20. The summed E-state index contributed by atoms with van der Waals surface area (Å²) in [7, 11) is 0. The van der Waals surface area contributed by atoms with Crippen molar-refractivity contribution < 1.29 is 9.13 Å². The van der Waals surface area contributed by atoms with E-state index in [0.29, 0.717) is 46.0 Å². The highest BCUT2D eigenvalue weighted by molar-refractivity contribution is 6.30. The van der Waals surface area contributed by atoms with E-state index < -0.39 is 5.82 Å². The smallest absolute Gasteiger partial charge is 0.262 e. The second-order valence-electron chi connectivity index (χ2n) is 9.63. The van der Waals surface area contributed by atoms with Crippen molar-refractivity contribution in [2.45, 2.75) is 13.2 Å². The Hall–Kier alpha value is -5.59. The molecule has 0 spiro atoms. The highest BCUT2D eigenvalue weighted by atomic mass is 35.5. The SMILES string of the molecule is N#Cc1ccc(/C=C/c2nc3ccc(OCc4cn(-c5ccc(F)c(Cl)c5)nn4)cc3c(=O)n2Cc2ccccc2)cc1. The van der Waals surface area contributed by atoms with Gasteiger partial charge in [0.05, 0.1) is 46.0 Å². The van der Waals surface area contributed by atoms with Gasteiger partial charge in [0.15, 0.2) is 0 Å². The number of hydrogen-bond donors (Lipinski definition) is 0. The molecule has 0 atom stereocenters. The van der Waals surface area contributed by atoms with Crippen molar-refractivity contribution in [3.05, 3.63) is 147 Å². The summed E-state index contributed by atoms with van der Waals surface area (Å²) in [5.74, 6) is 0.451. The molecular weight excluding hydrogens is 567 g/mol. The molecule has 6 rings (SSSR count). The molecule has 6 aromatic rings. The van der Waals surface area contributed by atoms with Crippen LogP contribution < -0.4 is 10.3 Å². The first-order valence-corrected chi connectivity index (χ1v) is 13.6. The minimum absolute atomic E-state index is 0.0126. The van der Waals surface area contributed by atoms with E-state index in [0.717, 1.165) is 11.1 Å². The number of benzene rings is 4. The fraction of sp³-hybridized carbons (Fsp3) is 0.0606. The Bertz CT molecular complexity index is 2060. The molecule has 4 aromatic carbocycles. The Morgan fingerprint density at radius 2 is 1.79 bits per heavy atom. The lowest BCUT2D eigenvalue weighted by Gasteiger charge is -2.12. The van der Waals surface area contributed by atoms with Gasteiger partial charge in [0.25, 0.3) is 5.56 Å². The standard InChI is InChI=1S/C33H22ClFN6O2/c34-29-16-26(11-13-30(29)35)41-20-25(38-39-41)21-43-27-12-14-31-28(17-27)33(42)40(19-24-4-2-1-3-5-24)32(37-31)15-10-22-6-8-23(18-36)9-7-22/h1-17,20H,19,21H2/b15-10+. The normalized spacial score (nSPS) is 11.2. The molecule has 0 saturated heterocycles. The molecule has 2 aromatic heterocycles. The van der Waals surface area contributed by atoms with Gasteiger partial charge in [0.1, 0.15) is 29.7 Å². The highest BCUT2D eigenvalue weighted by Crippen LogP contribution is 2.21. The van der Waals surface area contributed by atoms with Gasteiger partial charge >= 0.3 is 0 Å². The van der Waals surface area contributed by atoms with Crippen LogP contribution in [0.2, 0.25) is 5.02 Å². The summed E-state index contributed by atoms with van der Waals surface area (Å²) in [4.78, 5) is 18.6. The quantitative estimate of drug-likeness (QED) is 0.203. The lowest BCUT2D eigenvalue weighted by Crippen LogP contribution is -2.24. The Labute approximate surface area is 250 Å². The van der Waals surface area contributed by atoms with E-state index in [1.165, 1.54) is 16.8 Å². The Kier molecular flexibility index (Phi) is 7.76. The first-order valence-electron chi connectivity index (χ1n) is 13.2. The second-order valence-corrected chi connectivity index (χ2v) is 10.0. The molecule has 210 valence electrons. The van der Waals surface area contributed by atoms with Crippen molar-refractivity contribution in [1.29, 1.82) is 5.26 Å². The predicted molar refractivity (Wildman–Crippen MR) is 162 cm³/mol. The maximum absolute atomic E-state index is 13.8. The molecule has 43 heavy (non-hydrogen) atoms. The number of ether oxygens (including phenoxy) is 1. The van der Waals surface area contributed by atoms with Crippen LogP contribution in [0.15, 0.2) is 102 Å². The summed E-state index contributed by atoms with van der Waals surface area (Å²) < 4.78 is 22.6. The molecule has 10 heteroatoms. The highest BCUT2D eigenvalue weighted by Gasteiger charge is 2.13. The van der Waals surface area contributed by atoms with E-state index in [1.54, 1.807) is 53.2 Å². The number of halogens is 2. The minimum Gasteiger partial charge on any atom is -0.487 e. The molecule has 0 saturated carbocycles. The molecule has 0 aliphatic heterocycles. The molecule has 0 N–H and O–H groups in total. The average molecular weight is 589 g/mol. The summed E-state index contributed by atoms with van der Waals surface area (Å²) in [6.07, 6.45) is 5.32. The van der Waals surface area contributed by atoms with E-state index in [9.17, 15) is 9.18 Å². The number of hydrogen-bond acceptors (Lipinski definition) is 6. The molecule has 0 amide bonds. The number of nitrogens with zero attached hydrogens (tertiary/aromatic N) is 6. The van der Waals surface area contributed by atoms with Gasteiger partial charge in [-0.3, -0.25) is 9.36 Å². The van der Waals surface area contributed by atoms with Crippen LogP contribution in [0.5, 0.6) is 5.75 Å². The molecule has 0 aliphatic carbocycles. The van der Waals surface area contributed by atoms with Crippen molar-refractivity contribution in [2.75, 3.05) is 0 Å². The monoisotopic (exact) mass is 588 g/mol. The van der Waals surface area contributed by atoms with E-state index in [-0.39, 0.29) is 17.2 Å². The summed E-state index contributed by atoms with van der Waals surface area (Å²) in [5.41, 5.74) is 3.81. The molecule has 0 radical (unpaired) electrons. The van der Waals surface area contributed by atoms with Gasteiger partial charge in [-0.1, -0.05) is 65.4 Å². The topological polar surface area (TPSA) is 98.6 Å². The third-order valence-electron chi connectivity index (χ3n) is 6.70. The Morgan fingerprint density at radius 3 is 2.56 bits per heavy atom. The van der Waals surface area contributed by atoms with Gasteiger partial charge in [0, 0.05) is 0 Å². The lowest BCUT2D eigenvalue weighted by molar-refractivity contribution is 0.301. The van der Waals surface area contributed by atoms with Crippen molar-refractivity contribution in [1.82, 2.24) is 24.5 Å². The molecule has 0 fully saturated rings. The Balaban J connectivity index is 1.29.